The predicted molar refractivity (Wildman–Crippen MR) is 104 cm³/mol. The van der Waals surface area contributed by atoms with Crippen molar-refractivity contribution in [2.45, 2.75) is 31.8 Å². The molecule has 1 atom stereocenters. The molecule has 2 aromatic carbocycles. The van der Waals surface area contributed by atoms with Gasteiger partial charge in [0.25, 0.3) is 0 Å². The van der Waals surface area contributed by atoms with E-state index in [4.69, 9.17) is 14.2 Å². The molecule has 0 saturated heterocycles. The number of benzene rings is 2. The second-order valence-corrected chi connectivity index (χ2v) is 7.22. The topological polar surface area (TPSA) is 51.2 Å². The Labute approximate surface area is 160 Å². The van der Waals surface area contributed by atoms with Gasteiger partial charge in [0.1, 0.15) is 5.75 Å². The maximum atomic E-state index is 9.42. The van der Waals surface area contributed by atoms with E-state index in [0.717, 1.165) is 48.7 Å². The molecule has 2 aromatic rings. The number of nitrogens with zero attached hydrogens (tertiary/aromatic N) is 1. The number of fused-ring (bicyclic) bond motifs is 4. The van der Waals surface area contributed by atoms with Crippen molar-refractivity contribution in [3.8, 4) is 17.2 Å². The zero-order valence-electron chi connectivity index (χ0n) is 16.2. The van der Waals surface area contributed by atoms with Crippen molar-refractivity contribution in [2.24, 2.45) is 0 Å². The molecule has 0 fully saturated rings. The Balaban J connectivity index is 1.75. The largest absolute Gasteiger partial charge is 0.496 e. The fourth-order valence-electron chi connectivity index (χ4n) is 4.57. The highest BCUT2D eigenvalue weighted by Crippen LogP contribution is 2.44. The second kappa shape index (κ2) is 7.41. The summed E-state index contributed by atoms with van der Waals surface area (Å²) in [6.07, 6.45) is 2.57. The third-order valence-corrected chi connectivity index (χ3v) is 5.91. The van der Waals surface area contributed by atoms with Gasteiger partial charge in [-0.05, 0) is 53.6 Å². The molecule has 1 N–H and O–H groups in total. The molecule has 27 heavy (non-hydrogen) atoms. The van der Waals surface area contributed by atoms with Crippen molar-refractivity contribution in [1.82, 2.24) is 4.90 Å². The van der Waals surface area contributed by atoms with Gasteiger partial charge in [-0.1, -0.05) is 12.1 Å². The average Bonchev–Trinajstić information content (AvgIpc) is 2.71. The minimum atomic E-state index is 0.128. The molecule has 0 bridgehead atoms. The van der Waals surface area contributed by atoms with E-state index in [-0.39, 0.29) is 6.61 Å². The first-order valence-corrected chi connectivity index (χ1v) is 9.47. The number of aliphatic hydroxyl groups is 1. The molecule has 2 aliphatic heterocycles. The molecule has 5 nitrogen and oxygen atoms in total. The highest BCUT2D eigenvalue weighted by molar-refractivity contribution is 5.53. The van der Waals surface area contributed by atoms with E-state index in [1.54, 1.807) is 21.3 Å². The predicted octanol–water partition coefficient (Wildman–Crippen LogP) is 2.90. The highest BCUT2D eigenvalue weighted by Gasteiger charge is 2.34. The van der Waals surface area contributed by atoms with E-state index in [0.29, 0.717) is 12.5 Å². The van der Waals surface area contributed by atoms with Gasteiger partial charge < -0.3 is 19.3 Å². The molecule has 0 unspecified atom stereocenters. The highest BCUT2D eigenvalue weighted by atomic mass is 16.5. The van der Waals surface area contributed by atoms with E-state index < -0.39 is 0 Å². The first kappa shape index (κ1) is 18.1. The Morgan fingerprint density at radius 1 is 1.04 bits per heavy atom. The first-order chi connectivity index (χ1) is 13.2. The second-order valence-electron chi connectivity index (χ2n) is 7.22. The first-order valence-electron chi connectivity index (χ1n) is 9.47. The van der Waals surface area contributed by atoms with E-state index in [9.17, 15) is 5.11 Å². The maximum Gasteiger partial charge on any atom is 0.165 e. The van der Waals surface area contributed by atoms with Gasteiger partial charge in [0, 0.05) is 31.3 Å². The molecular formula is C22H27NO4. The molecule has 2 heterocycles. The summed E-state index contributed by atoms with van der Waals surface area (Å²) in [6.45, 7) is 2.00. The van der Waals surface area contributed by atoms with Gasteiger partial charge in [-0.15, -0.1) is 0 Å². The molecule has 0 saturated carbocycles. The minimum Gasteiger partial charge on any atom is -0.496 e. The van der Waals surface area contributed by atoms with E-state index in [1.165, 1.54) is 22.3 Å². The summed E-state index contributed by atoms with van der Waals surface area (Å²) in [7, 11) is 5.10. The van der Waals surface area contributed by atoms with Crippen LogP contribution in [0, 0.1) is 0 Å². The lowest BCUT2D eigenvalue weighted by Crippen LogP contribution is -2.39. The standard InChI is InChI=1S/C22H27NO4/c1-25-20-5-4-14-11-19-17-10-16(7-9-24)21(26-2)12-15(17)6-8-23(19)13-18(14)22(20)27-3/h4-5,10,12,19,24H,6-9,11,13H2,1-3H3/t19-/m0/s1. The fraction of sp³-hybridized carbons (Fsp3) is 0.455. The van der Waals surface area contributed by atoms with Crippen LogP contribution in [-0.4, -0.2) is 44.5 Å². The molecule has 2 aliphatic rings. The zero-order chi connectivity index (χ0) is 19.0. The van der Waals surface area contributed by atoms with Gasteiger partial charge in [-0.2, -0.15) is 0 Å². The van der Waals surface area contributed by atoms with Crippen molar-refractivity contribution in [1.29, 1.82) is 0 Å². The molecule has 144 valence electrons. The number of aliphatic hydroxyl groups excluding tert-OH is 1. The van der Waals surface area contributed by atoms with E-state index in [2.05, 4.69) is 23.1 Å². The number of methoxy groups -OCH3 is 3. The van der Waals surface area contributed by atoms with Crippen LogP contribution in [-0.2, 0) is 25.8 Å². The van der Waals surface area contributed by atoms with Crippen LogP contribution in [0.5, 0.6) is 17.2 Å². The van der Waals surface area contributed by atoms with E-state index >= 15 is 0 Å². The van der Waals surface area contributed by atoms with E-state index in [1.807, 2.05) is 6.07 Å². The Bertz CT molecular complexity index is 849. The molecule has 4 rings (SSSR count). The molecule has 0 aromatic heterocycles. The summed E-state index contributed by atoms with van der Waals surface area (Å²) in [6, 6.07) is 8.93. The lowest BCUT2D eigenvalue weighted by Gasteiger charge is -2.42. The minimum absolute atomic E-state index is 0.128. The van der Waals surface area contributed by atoms with Crippen molar-refractivity contribution >= 4 is 0 Å². The summed E-state index contributed by atoms with van der Waals surface area (Å²) in [4.78, 5) is 2.53. The Morgan fingerprint density at radius 2 is 1.85 bits per heavy atom. The van der Waals surface area contributed by atoms with Crippen LogP contribution < -0.4 is 14.2 Å². The van der Waals surface area contributed by atoms with Crippen molar-refractivity contribution in [2.75, 3.05) is 34.5 Å². The summed E-state index contributed by atoms with van der Waals surface area (Å²) in [5, 5.41) is 9.42. The fourth-order valence-corrected chi connectivity index (χ4v) is 4.57. The van der Waals surface area contributed by atoms with Crippen molar-refractivity contribution in [3.63, 3.8) is 0 Å². The Hall–Kier alpha value is -2.24. The summed E-state index contributed by atoms with van der Waals surface area (Å²) in [5.41, 5.74) is 6.37. The molecule has 0 aliphatic carbocycles. The average molecular weight is 369 g/mol. The maximum absolute atomic E-state index is 9.42. The molecule has 5 heteroatoms. The number of hydrogen-bond acceptors (Lipinski definition) is 5. The van der Waals surface area contributed by atoms with Crippen LogP contribution in [0.2, 0.25) is 0 Å². The SMILES string of the molecule is COc1cc2c(cc1CCO)[C@@H]1Cc3ccc(OC)c(OC)c3CN1CC2. The van der Waals surface area contributed by atoms with Gasteiger partial charge in [-0.3, -0.25) is 4.90 Å². The van der Waals surface area contributed by atoms with Crippen LogP contribution in [0.1, 0.15) is 33.9 Å². The van der Waals surface area contributed by atoms with Crippen LogP contribution in [0.15, 0.2) is 24.3 Å². The molecule has 0 amide bonds. The zero-order valence-corrected chi connectivity index (χ0v) is 16.2. The van der Waals surface area contributed by atoms with Gasteiger partial charge in [0.05, 0.1) is 21.3 Å². The molecular weight excluding hydrogens is 342 g/mol. The third kappa shape index (κ3) is 3.05. The smallest absolute Gasteiger partial charge is 0.165 e. The van der Waals surface area contributed by atoms with Crippen molar-refractivity contribution < 1.29 is 19.3 Å². The van der Waals surface area contributed by atoms with Crippen LogP contribution in [0.3, 0.4) is 0 Å². The quantitative estimate of drug-likeness (QED) is 0.878. The summed E-state index contributed by atoms with van der Waals surface area (Å²) < 4.78 is 16.7. The van der Waals surface area contributed by atoms with Crippen LogP contribution in [0.25, 0.3) is 0 Å². The van der Waals surface area contributed by atoms with Gasteiger partial charge >= 0.3 is 0 Å². The summed E-state index contributed by atoms with van der Waals surface area (Å²) in [5.74, 6) is 2.54. The van der Waals surface area contributed by atoms with Crippen molar-refractivity contribution in [3.05, 3.63) is 52.1 Å². The van der Waals surface area contributed by atoms with Gasteiger partial charge in [0.15, 0.2) is 11.5 Å². The Kier molecular flexibility index (Phi) is 4.98. The summed E-state index contributed by atoms with van der Waals surface area (Å²) >= 11 is 0. The Morgan fingerprint density at radius 3 is 2.56 bits per heavy atom. The number of hydrogen-bond donors (Lipinski definition) is 1. The van der Waals surface area contributed by atoms with Gasteiger partial charge in [-0.25, -0.2) is 0 Å². The van der Waals surface area contributed by atoms with Gasteiger partial charge in [0.2, 0.25) is 0 Å². The van der Waals surface area contributed by atoms with Crippen LogP contribution >= 0.6 is 0 Å². The lowest BCUT2D eigenvalue weighted by molar-refractivity contribution is 0.157. The monoisotopic (exact) mass is 369 g/mol. The lowest BCUT2D eigenvalue weighted by atomic mass is 9.82. The third-order valence-electron chi connectivity index (χ3n) is 5.91. The van der Waals surface area contributed by atoms with Crippen LogP contribution in [0.4, 0.5) is 0 Å². The number of ether oxygens (including phenoxy) is 3. The molecule has 0 spiro atoms. The number of rotatable bonds is 5. The molecule has 0 radical (unpaired) electrons. The normalized spacial score (nSPS) is 18.3.